The Morgan fingerprint density at radius 1 is 1.24 bits per heavy atom. The van der Waals surface area contributed by atoms with E-state index in [1.165, 1.54) is 6.07 Å². The zero-order valence-corrected chi connectivity index (χ0v) is 14.4. The van der Waals surface area contributed by atoms with Crippen molar-refractivity contribution >= 4 is 29.9 Å². The minimum Gasteiger partial charge on any atom is -0.467 e. The average molecular weight is 403 g/mol. The lowest BCUT2D eigenvalue weighted by molar-refractivity contribution is 0.501. The molecule has 1 heterocycles. The van der Waals surface area contributed by atoms with Crippen molar-refractivity contribution < 1.29 is 8.81 Å². The Balaban J connectivity index is 0.00000220. The molecule has 0 atom stereocenters. The van der Waals surface area contributed by atoms with E-state index in [0.717, 1.165) is 11.3 Å². The fraction of sp³-hybridized carbons (Fsp3) is 0.267. The summed E-state index contributed by atoms with van der Waals surface area (Å²) in [5.74, 6) is 1.28. The molecule has 0 saturated heterocycles. The smallest absolute Gasteiger partial charge is 0.191 e. The van der Waals surface area contributed by atoms with Crippen molar-refractivity contribution in [3.63, 3.8) is 0 Å². The molecule has 0 spiro atoms. The van der Waals surface area contributed by atoms with Crippen LogP contribution in [0.4, 0.5) is 4.39 Å². The molecule has 0 unspecified atom stereocenters. The van der Waals surface area contributed by atoms with Crippen molar-refractivity contribution in [1.29, 1.82) is 0 Å². The van der Waals surface area contributed by atoms with Crippen LogP contribution in [0.5, 0.6) is 0 Å². The summed E-state index contributed by atoms with van der Waals surface area (Å²) in [7, 11) is 1.69. The van der Waals surface area contributed by atoms with Crippen LogP contribution in [0.25, 0.3) is 0 Å². The number of aliphatic imine (C=N–C) groups is 1. The summed E-state index contributed by atoms with van der Waals surface area (Å²) < 4.78 is 18.7. The first kappa shape index (κ1) is 17.5. The lowest BCUT2D eigenvalue weighted by Crippen LogP contribution is -2.36. The van der Waals surface area contributed by atoms with Gasteiger partial charge in [-0.25, -0.2) is 4.39 Å². The number of nitrogens with zero attached hydrogens (tertiary/aromatic N) is 1. The van der Waals surface area contributed by atoms with Crippen LogP contribution in [0.2, 0.25) is 0 Å². The zero-order valence-electron chi connectivity index (χ0n) is 12.0. The van der Waals surface area contributed by atoms with Gasteiger partial charge in [-0.3, -0.25) is 4.99 Å². The molecule has 0 radical (unpaired) electrons. The summed E-state index contributed by atoms with van der Waals surface area (Å²) in [5.41, 5.74) is 1.52. The van der Waals surface area contributed by atoms with Crippen LogP contribution in [0.1, 0.15) is 16.9 Å². The SMILES string of the molecule is CN=C(NCc1ccc(C)c(F)c1)NCc1ccco1.I. The Labute approximate surface area is 140 Å². The maximum atomic E-state index is 13.4. The van der Waals surface area contributed by atoms with Gasteiger partial charge in [0.1, 0.15) is 11.6 Å². The van der Waals surface area contributed by atoms with Crippen LogP contribution in [0, 0.1) is 12.7 Å². The number of hydrogen-bond donors (Lipinski definition) is 2. The molecular weight excluding hydrogens is 384 g/mol. The number of furan rings is 1. The number of guanidine groups is 1. The fourth-order valence-electron chi connectivity index (χ4n) is 1.74. The van der Waals surface area contributed by atoms with Crippen LogP contribution in [0.15, 0.2) is 46.0 Å². The second-order valence-electron chi connectivity index (χ2n) is 4.44. The summed E-state index contributed by atoms with van der Waals surface area (Å²) in [5, 5.41) is 6.24. The van der Waals surface area contributed by atoms with E-state index in [-0.39, 0.29) is 29.8 Å². The molecule has 0 aliphatic heterocycles. The first-order valence-corrected chi connectivity index (χ1v) is 6.41. The predicted octanol–water partition coefficient (Wildman–Crippen LogP) is 3.21. The number of nitrogens with one attached hydrogen (secondary N) is 2. The first-order chi connectivity index (χ1) is 9.69. The second-order valence-corrected chi connectivity index (χ2v) is 4.44. The normalized spacial score (nSPS) is 10.9. The summed E-state index contributed by atoms with van der Waals surface area (Å²) in [4.78, 5) is 4.10. The molecule has 2 rings (SSSR count). The van der Waals surface area contributed by atoms with Gasteiger partial charge in [0.2, 0.25) is 0 Å². The second kappa shape index (κ2) is 8.66. The van der Waals surface area contributed by atoms with Crippen LogP contribution < -0.4 is 10.6 Å². The van der Waals surface area contributed by atoms with Crippen LogP contribution >= 0.6 is 24.0 Å². The number of aryl methyl sites for hydroxylation is 1. The number of hydrogen-bond acceptors (Lipinski definition) is 2. The van der Waals surface area contributed by atoms with Crippen molar-refractivity contribution in [2.24, 2.45) is 4.99 Å². The first-order valence-electron chi connectivity index (χ1n) is 6.41. The van der Waals surface area contributed by atoms with E-state index in [0.29, 0.717) is 24.6 Å². The van der Waals surface area contributed by atoms with E-state index < -0.39 is 0 Å². The lowest BCUT2D eigenvalue weighted by atomic mass is 10.1. The highest BCUT2D eigenvalue weighted by Crippen LogP contribution is 2.08. The van der Waals surface area contributed by atoms with Crippen molar-refractivity contribution in [3.05, 3.63) is 59.3 Å². The number of benzene rings is 1. The largest absolute Gasteiger partial charge is 0.467 e. The number of halogens is 2. The van der Waals surface area contributed by atoms with E-state index in [1.54, 1.807) is 26.3 Å². The van der Waals surface area contributed by atoms with E-state index in [2.05, 4.69) is 15.6 Å². The predicted molar refractivity (Wildman–Crippen MR) is 92.3 cm³/mol. The zero-order chi connectivity index (χ0) is 14.4. The maximum Gasteiger partial charge on any atom is 0.191 e. The molecule has 6 heteroatoms. The topological polar surface area (TPSA) is 49.6 Å². The fourth-order valence-corrected chi connectivity index (χ4v) is 1.74. The Morgan fingerprint density at radius 3 is 2.62 bits per heavy atom. The van der Waals surface area contributed by atoms with Gasteiger partial charge in [-0.1, -0.05) is 12.1 Å². The Morgan fingerprint density at radius 2 is 2.00 bits per heavy atom. The molecule has 1 aromatic carbocycles. The minimum absolute atomic E-state index is 0. The van der Waals surface area contributed by atoms with E-state index in [4.69, 9.17) is 4.42 Å². The molecular formula is C15H19FIN3O. The van der Waals surface area contributed by atoms with E-state index in [1.807, 2.05) is 18.2 Å². The van der Waals surface area contributed by atoms with Crippen molar-refractivity contribution in [1.82, 2.24) is 10.6 Å². The third-order valence-corrected chi connectivity index (χ3v) is 2.93. The van der Waals surface area contributed by atoms with Gasteiger partial charge in [0.05, 0.1) is 12.8 Å². The molecule has 2 aromatic rings. The van der Waals surface area contributed by atoms with E-state index in [9.17, 15) is 4.39 Å². The van der Waals surface area contributed by atoms with Gasteiger partial charge < -0.3 is 15.1 Å². The van der Waals surface area contributed by atoms with Gasteiger partial charge in [0.15, 0.2) is 5.96 Å². The van der Waals surface area contributed by atoms with Gasteiger partial charge in [0.25, 0.3) is 0 Å². The van der Waals surface area contributed by atoms with Crippen LogP contribution in [-0.4, -0.2) is 13.0 Å². The van der Waals surface area contributed by atoms with Gasteiger partial charge >= 0.3 is 0 Å². The van der Waals surface area contributed by atoms with Crippen LogP contribution in [-0.2, 0) is 13.1 Å². The van der Waals surface area contributed by atoms with Gasteiger partial charge in [-0.05, 0) is 36.2 Å². The summed E-state index contributed by atoms with van der Waals surface area (Å²) in [6.45, 7) is 2.81. The lowest BCUT2D eigenvalue weighted by Gasteiger charge is -2.11. The molecule has 0 amide bonds. The van der Waals surface area contributed by atoms with Crippen molar-refractivity contribution in [2.75, 3.05) is 7.05 Å². The molecule has 114 valence electrons. The molecule has 0 aliphatic carbocycles. The van der Waals surface area contributed by atoms with Crippen molar-refractivity contribution in [3.8, 4) is 0 Å². The van der Waals surface area contributed by atoms with Gasteiger partial charge in [-0.15, -0.1) is 24.0 Å². The quantitative estimate of drug-likeness (QED) is 0.469. The van der Waals surface area contributed by atoms with Crippen LogP contribution in [0.3, 0.4) is 0 Å². The third kappa shape index (κ3) is 5.37. The molecule has 1 aromatic heterocycles. The summed E-state index contributed by atoms with van der Waals surface area (Å²) >= 11 is 0. The van der Waals surface area contributed by atoms with Crippen molar-refractivity contribution in [2.45, 2.75) is 20.0 Å². The monoisotopic (exact) mass is 403 g/mol. The van der Waals surface area contributed by atoms with Gasteiger partial charge in [-0.2, -0.15) is 0 Å². The maximum absolute atomic E-state index is 13.4. The highest BCUT2D eigenvalue weighted by atomic mass is 127. The Bertz CT molecular complexity index is 585. The number of rotatable bonds is 4. The highest BCUT2D eigenvalue weighted by Gasteiger charge is 2.02. The third-order valence-electron chi connectivity index (χ3n) is 2.93. The molecule has 0 fully saturated rings. The Kier molecular flexibility index (Phi) is 7.21. The molecule has 0 aliphatic rings. The van der Waals surface area contributed by atoms with E-state index >= 15 is 0 Å². The molecule has 0 bridgehead atoms. The minimum atomic E-state index is -0.192. The molecule has 21 heavy (non-hydrogen) atoms. The Hall–Kier alpha value is -1.57. The standard InChI is InChI=1S/C15H18FN3O.HI/c1-11-5-6-12(8-14(11)16)9-18-15(17-2)19-10-13-4-3-7-20-13;/h3-8H,9-10H2,1-2H3,(H2,17,18,19);1H. The average Bonchev–Trinajstić information content (AvgIpc) is 2.96. The molecule has 4 nitrogen and oxygen atoms in total. The summed E-state index contributed by atoms with van der Waals surface area (Å²) in [6, 6.07) is 8.91. The molecule has 0 saturated carbocycles. The summed E-state index contributed by atoms with van der Waals surface area (Å²) in [6.07, 6.45) is 1.63. The molecule has 2 N–H and O–H groups in total. The van der Waals surface area contributed by atoms with Gasteiger partial charge in [0, 0.05) is 13.6 Å². The highest BCUT2D eigenvalue weighted by molar-refractivity contribution is 14.0.